The Bertz CT molecular complexity index is 859. The maximum Gasteiger partial charge on any atom is 0.242 e. The first-order valence-electron chi connectivity index (χ1n) is 8.23. The average molecular weight is 360 g/mol. The molecule has 6 heteroatoms. The third-order valence-electron chi connectivity index (χ3n) is 4.04. The fourth-order valence-electron chi connectivity index (χ4n) is 2.51. The standard InChI is InChI=1S/C19H24N2O3S/c1-5-16-8-6-7-14(3)18(16)20-19(22)15(4)21-25(23,24)17-11-9-13(2)10-12-17/h6-12,15,21H,5H2,1-4H3,(H,20,22)/t15-/m1/s1. The van der Waals surface area contributed by atoms with Crippen LogP contribution in [0.25, 0.3) is 0 Å². The summed E-state index contributed by atoms with van der Waals surface area (Å²) in [5.74, 6) is -0.389. The van der Waals surface area contributed by atoms with Crippen molar-refractivity contribution in [2.75, 3.05) is 5.32 Å². The van der Waals surface area contributed by atoms with Gasteiger partial charge in [0.15, 0.2) is 0 Å². The molecular weight excluding hydrogens is 336 g/mol. The molecule has 1 atom stereocenters. The van der Waals surface area contributed by atoms with Crippen LogP contribution in [-0.4, -0.2) is 20.4 Å². The normalized spacial score (nSPS) is 12.6. The summed E-state index contributed by atoms with van der Waals surface area (Å²) in [7, 11) is -3.75. The second-order valence-corrected chi connectivity index (χ2v) is 7.82. The van der Waals surface area contributed by atoms with Gasteiger partial charge in [0.1, 0.15) is 0 Å². The molecule has 2 aromatic carbocycles. The molecule has 0 aliphatic heterocycles. The lowest BCUT2D eigenvalue weighted by molar-refractivity contribution is -0.117. The molecule has 0 fully saturated rings. The van der Waals surface area contributed by atoms with Crippen molar-refractivity contribution in [3.63, 3.8) is 0 Å². The highest BCUT2D eigenvalue weighted by molar-refractivity contribution is 7.89. The number of aryl methyl sites for hydroxylation is 3. The minimum Gasteiger partial charge on any atom is -0.324 e. The molecule has 2 N–H and O–H groups in total. The van der Waals surface area contributed by atoms with Crippen LogP contribution in [0.15, 0.2) is 47.4 Å². The van der Waals surface area contributed by atoms with Gasteiger partial charge in [-0.15, -0.1) is 0 Å². The van der Waals surface area contributed by atoms with E-state index < -0.39 is 16.1 Å². The quantitative estimate of drug-likeness (QED) is 0.831. The van der Waals surface area contributed by atoms with Crippen LogP contribution in [0.1, 0.15) is 30.5 Å². The number of hydrogen-bond acceptors (Lipinski definition) is 3. The monoisotopic (exact) mass is 360 g/mol. The number of amides is 1. The summed E-state index contributed by atoms with van der Waals surface area (Å²) in [4.78, 5) is 12.6. The molecule has 1 amide bonds. The number of nitrogens with one attached hydrogen (secondary N) is 2. The zero-order valence-corrected chi connectivity index (χ0v) is 15.8. The molecule has 0 unspecified atom stereocenters. The summed E-state index contributed by atoms with van der Waals surface area (Å²) in [5, 5.41) is 2.85. The zero-order chi connectivity index (χ0) is 18.6. The van der Waals surface area contributed by atoms with Gasteiger partial charge >= 0.3 is 0 Å². The Labute approximate surface area is 149 Å². The molecule has 0 aliphatic carbocycles. The van der Waals surface area contributed by atoms with Crippen molar-refractivity contribution in [1.29, 1.82) is 0 Å². The van der Waals surface area contributed by atoms with Crippen LogP contribution < -0.4 is 10.0 Å². The van der Waals surface area contributed by atoms with E-state index in [1.807, 2.05) is 39.0 Å². The zero-order valence-electron chi connectivity index (χ0n) is 15.0. The van der Waals surface area contributed by atoms with Crippen LogP contribution in [0.4, 0.5) is 5.69 Å². The van der Waals surface area contributed by atoms with E-state index in [1.54, 1.807) is 12.1 Å². The van der Waals surface area contributed by atoms with Gasteiger partial charge in [-0.25, -0.2) is 8.42 Å². The lowest BCUT2D eigenvalue weighted by atomic mass is 10.1. The number of sulfonamides is 1. The van der Waals surface area contributed by atoms with Gasteiger partial charge in [0.25, 0.3) is 0 Å². The molecule has 0 saturated carbocycles. The molecule has 0 aromatic heterocycles. The summed E-state index contributed by atoms with van der Waals surface area (Å²) >= 11 is 0. The number of rotatable bonds is 6. The minimum absolute atomic E-state index is 0.142. The molecule has 134 valence electrons. The molecule has 0 saturated heterocycles. The van der Waals surface area contributed by atoms with Crippen molar-refractivity contribution in [1.82, 2.24) is 4.72 Å². The van der Waals surface area contributed by atoms with Crippen LogP contribution in [0.5, 0.6) is 0 Å². The molecule has 25 heavy (non-hydrogen) atoms. The van der Waals surface area contributed by atoms with E-state index in [4.69, 9.17) is 0 Å². The molecule has 5 nitrogen and oxygen atoms in total. The Morgan fingerprint density at radius 2 is 1.72 bits per heavy atom. The van der Waals surface area contributed by atoms with Gasteiger partial charge in [0.05, 0.1) is 10.9 Å². The fraction of sp³-hybridized carbons (Fsp3) is 0.316. The molecule has 2 aromatic rings. The lowest BCUT2D eigenvalue weighted by Crippen LogP contribution is -2.41. The second-order valence-electron chi connectivity index (χ2n) is 6.11. The van der Waals surface area contributed by atoms with Gasteiger partial charge in [-0.3, -0.25) is 4.79 Å². The number of para-hydroxylation sites is 1. The van der Waals surface area contributed by atoms with Gasteiger partial charge < -0.3 is 5.32 Å². The van der Waals surface area contributed by atoms with E-state index in [-0.39, 0.29) is 10.8 Å². The Morgan fingerprint density at radius 1 is 1.08 bits per heavy atom. The average Bonchev–Trinajstić information content (AvgIpc) is 2.56. The molecule has 0 radical (unpaired) electrons. The van der Waals surface area contributed by atoms with E-state index in [2.05, 4.69) is 10.0 Å². The molecule has 0 spiro atoms. The van der Waals surface area contributed by atoms with Gasteiger partial charge in [0, 0.05) is 5.69 Å². The smallest absolute Gasteiger partial charge is 0.242 e. The van der Waals surface area contributed by atoms with E-state index in [0.29, 0.717) is 0 Å². The SMILES string of the molecule is CCc1cccc(C)c1NC(=O)[C@@H](C)NS(=O)(=O)c1ccc(C)cc1. The largest absolute Gasteiger partial charge is 0.324 e. The predicted molar refractivity (Wildman–Crippen MR) is 100 cm³/mol. The van der Waals surface area contributed by atoms with E-state index >= 15 is 0 Å². The van der Waals surface area contributed by atoms with Crippen LogP contribution in [0.2, 0.25) is 0 Å². The molecule has 0 aliphatic rings. The van der Waals surface area contributed by atoms with Gasteiger partial charge in [-0.1, -0.05) is 42.8 Å². The van der Waals surface area contributed by atoms with Crippen molar-refractivity contribution < 1.29 is 13.2 Å². The van der Waals surface area contributed by atoms with Crippen molar-refractivity contribution in [2.45, 2.75) is 45.1 Å². The topological polar surface area (TPSA) is 75.3 Å². The maximum atomic E-state index is 12.5. The molecular formula is C19H24N2O3S. The van der Waals surface area contributed by atoms with Gasteiger partial charge in [-0.05, 0) is 50.5 Å². The van der Waals surface area contributed by atoms with Crippen LogP contribution in [-0.2, 0) is 21.2 Å². The number of hydrogen-bond donors (Lipinski definition) is 2. The number of benzene rings is 2. The Morgan fingerprint density at radius 3 is 2.32 bits per heavy atom. The Hall–Kier alpha value is -2.18. The first-order valence-corrected chi connectivity index (χ1v) is 9.71. The van der Waals surface area contributed by atoms with Crippen LogP contribution in [0.3, 0.4) is 0 Å². The number of carbonyl (C=O) groups excluding carboxylic acids is 1. The maximum absolute atomic E-state index is 12.5. The van der Waals surface area contributed by atoms with E-state index in [1.165, 1.54) is 19.1 Å². The third kappa shape index (κ3) is 4.67. The first-order chi connectivity index (χ1) is 11.7. The van der Waals surface area contributed by atoms with Crippen LogP contribution in [0, 0.1) is 13.8 Å². The van der Waals surface area contributed by atoms with Crippen molar-refractivity contribution in [3.8, 4) is 0 Å². The minimum atomic E-state index is -3.75. The first kappa shape index (κ1) is 19.1. The summed E-state index contributed by atoms with van der Waals surface area (Å²) in [6.07, 6.45) is 0.779. The molecule has 0 heterocycles. The van der Waals surface area contributed by atoms with E-state index in [9.17, 15) is 13.2 Å². The summed E-state index contributed by atoms with van der Waals surface area (Å²) < 4.78 is 27.2. The van der Waals surface area contributed by atoms with E-state index in [0.717, 1.165) is 28.8 Å². The lowest BCUT2D eigenvalue weighted by Gasteiger charge is -2.17. The van der Waals surface area contributed by atoms with Crippen molar-refractivity contribution >= 4 is 21.6 Å². The highest BCUT2D eigenvalue weighted by Crippen LogP contribution is 2.21. The number of carbonyl (C=O) groups is 1. The summed E-state index contributed by atoms with van der Waals surface area (Å²) in [6.45, 7) is 7.34. The third-order valence-corrected chi connectivity index (χ3v) is 5.60. The van der Waals surface area contributed by atoms with Crippen molar-refractivity contribution in [2.24, 2.45) is 0 Å². The summed E-state index contributed by atoms with van der Waals surface area (Å²) in [6, 6.07) is 11.4. The molecule has 2 rings (SSSR count). The highest BCUT2D eigenvalue weighted by Gasteiger charge is 2.22. The van der Waals surface area contributed by atoms with Gasteiger partial charge in [-0.2, -0.15) is 4.72 Å². The van der Waals surface area contributed by atoms with Gasteiger partial charge in [0.2, 0.25) is 15.9 Å². The Balaban J connectivity index is 2.14. The Kier molecular flexibility index (Phi) is 5.98. The summed E-state index contributed by atoms with van der Waals surface area (Å²) in [5.41, 5.74) is 3.68. The predicted octanol–water partition coefficient (Wildman–Crippen LogP) is 3.17. The number of anilines is 1. The molecule has 0 bridgehead atoms. The fourth-order valence-corrected chi connectivity index (χ4v) is 3.71. The second kappa shape index (κ2) is 7.80. The van der Waals surface area contributed by atoms with Crippen LogP contribution >= 0.6 is 0 Å². The van der Waals surface area contributed by atoms with Crippen molar-refractivity contribution in [3.05, 3.63) is 59.2 Å². The highest BCUT2D eigenvalue weighted by atomic mass is 32.2.